The highest BCUT2D eigenvalue weighted by molar-refractivity contribution is 5.93. The first-order valence-electron chi connectivity index (χ1n) is 6.48. The van der Waals surface area contributed by atoms with Gasteiger partial charge in [-0.05, 0) is 18.2 Å². The summed E-state index contributed by atoms with van der Waals surface area (Å²) in [5.74, 6) is -0.325. The number of carbonyl (C=O) groups is 1. The maximum Gasteiger partial charge on any atom is 0.161 e. The van der Waals surface area contributed by atoms with Gasteiger partial charge in [0.05, 0.1) is 39.2 Å². The minimum atomic E-state index is -1.33. The zero-order valence-electron chi connectivity index (χ0n) is 12.2. The molecule has 1 aromatic heterocycles. The van der Waals surface area contributed by atoms with Crippen LogP contribution in [-0.4, -0.2) is 30.0 Å². The van der Waals surface area contributed by atoms with Crippen LogP contribution in [0.25, 0.3) is 11.3 Å². The lowest BCUT2D eigenvalue weighted by Gasteiger charge is -2.09. The molecule has 0 aliphatic rings. The van der Waals surface area contributed by atoms with Gasteiger partial charge in [0.2, 0.25) is 0 Å². The van der Waals surface area contributed by atoms with E-state index < -0.39 is 5.97 Å². The zero-order chi connectivity index (χ0) is 16.1. The first kappa shape index (κ1) is 15.4. The summed E-state index contributed by atoms with van der Waals surface area (Å²) in [5.41, 5.74) is 0.789. The first-order valence-corrected chi connectivity index (χ1v) is 6.48. The number of carboxylic acid groups (broad SMARTS) is 1. The Labute approximate surface area is 127 Å². The average Bonchev–Trinajstić information content (AvgIpc) is 2.96. The second-order valence-corrected chi connectivity index (χ2v) is 4.42. The highest BCUT2D eigenvalue weighted by Gasteiger charge is 2.14. The summed E-state index contributed by atoms with van der Waals surface area (Å²) < 4.78 is 11.8. The van der Waals surface area contributed by atoms with Crippen molar-refractivity contribution in [3.05, 3.63) is 30.0 Å². The first-order chi connectivity index (χ1) is 10.6. The Bertz CT molecular complexity index is 731. The number of methoxy groups -OCH3 is 2. The van der Waals surface area contributed by atoms with Gasteiger partial charge in [-0.3, -0.25) is 4.68 Å². The van der Waals surface area contributed by atoms with Gasteiger partial charge in [0.15, 0.2) is 11.5 Å². The van der Waals surface area contributed by atoms with E-state index in [1.807, 2.05) is 6.07 Å². The van der Waals surface area contributed by atoms with Crippen LogP contribution in [0.4, 0.5) is 0 Å². The van der Waals surface area contributed by atoms with Crippen LogP contribution in [0.3, 0.4) is 0 Å². The molecule has 0 fully saturated rings. The Kier molecular flexibility index (Phi) is 4.63. The minimum absolute atomic E-state index is 0.0369. The fraction of sp³-hybridized carbons (Fsp3) is 0.267. The summed E-state index contributed by atoms with van der Waals surface area (Å²) in [6.07, 6.45) is 1.60. The number of benzene rings is 1. The van der Waals surface area contributed by atoms with Gasteiger partial charge in [0.1, 0.15) is 5.69 Å². The van der Waals surface area contributed by atoms with Crippen molar-refractivity contribution in [1.82, 2.24) is 9.78 Å². The number of aromatic carboxylic acids is 1. The van der Waals surface area contributed by atoms with E-state index in [-0.39, 0.29) is 17.7 Å². The molecule has 2 rings (SSSR count). The van der Waals surface area contributed by atoms with Crippen molar-refractivity contribution in [3.8, 4) is 28.8 Å². The Balaban J connectivity index is 2.49. The number of nitriles is 1. The lowest BCUT2D eigenvalue weighted by atomic mass is 10.1. The normalized spacial score (nSPS) is 10.0. The molecule has 2 aromatic rings. The molecule has 0 bridgehead atoms. The summed E-state index contributed by atoms with van der Waals surface area (Å²) in [6, 6.07) is 6.98. The van der Waals surface area contributed by atoms with E-state index in [0.717, 1.165) is 0 Å². The fourth-order valence-corrected chi connectivity index (χ4v) is 2.05. The maximum atomic E-state index is 11.3. The largest absolute Gasteiger partial charge is 0.545 e. The Morgan fingerprint density at radius 1 is 1.36 bits per heavy atom. The number of ether oxygens (including phenoxy) is 2. The van der Waals surface area contributed by atoms with Crippen molar-refractivity contribution in [3.63, 3.8) is 0 Å². The standard InChI is InChI=1S/C15H15N3O4/c1-21-12-5-4-10(8-13(12)22-2)14-11(15(19)20)9-18(17-14)7-3-6-16/h4-5,8-9H,3,7H2,1-2H3,(H,19,20)/p-1. The predicted molar refractivity (Wildman–Crippen MR) is 75.3 cm³/mol. The van der Waals surface area contributed by atoms with Gasteiger partial charge in [-0.15, -0.1) is 0 Å². The third kappa shape index (κ3) is 3.01. The van der Waals surface area contributed by atoms with Crippen molar-refractivity contribution < 1.29 is 19.4 Å². The maximum absolute atomic E-state index is 11.3. The van der Waals surface area contributed by atoms with E-state index in [1.165, 1.54) is 25.1 Å². The van der Waals surface area contributed by atoms with Crippen LogP contribution in [-0.2, 0) is 6.54 Å². The molecule has 0 atom stereocenters. The van der Waals surface area contributed by atoms with Crippen LogP contribution >= 0.6 is 0 Å². The van der Waals surface area contributed by atoms with E-state index >= 15 is 0 Å². The monoisotopic (exact) mass is 300 g/mol. The quantitative estimate of drug-likeness (QED) is 0.783. The van der Waals surface area contributed by atoms with Gasteiger partial charge in [-0.1, -0.05) is 0 Å². The number of aryl methyl sites for hydroxylation is 1. The predicted octanol–water partition coefficient (Wildman–Crippen LogP) is 0.844. The zero-order valence-corrected chi connectivity index (χ0v) is 12.2. The molecule has 0 N–H and O–H groups in total. The fourth-order valence-electron chi connectivity index (χ4n) is 2.05. The van der Waals surface area contributed by atoms with Gasteiger partial charge in [-0.2, -0.15) is 10.4 Å². The van der Waals surface area contributed by atoms with E-state index in [4.69, 9.17) is 14.7 Å². The van der Waals surface area contributed by atoms with Crippen LogP contribution in [0.2, 0.25) is 0 Å². The molecule has 0 amide bonds. The molecule has 0 aliphatic heterocycles. The van der Waals surface area contributed by atoms with E-state index in [1.54, 1.807) is 18.2 Å². The number of carbonyl (C=O) groups excluding carboxylic acids is 1. The molecule has 0 saturated carbocycles. The minimum Gasteiger partial charge on any atom is -0.545 e. The summed E-state index contributed by atoms with van der Waals surface area (Å²) in [4.78, 5) is 11.3. The van der Waals surface area contributed by atoms with Crippen molar-refractivity contribution in [2.45, 2.75) is 13.0 Å². The number of rotatable bonds is 6. The second kappa shape index (κ2) is 6.63. The molecule has 0 radical (unpaired) electrons. The molecule has 0 spiro atoms. The highest BCUT2D eigenvalue weighted by Crippen LogP contribution is 2.32. The molecule has 7 heteroatoms. The average molecular weight is 300 g/mol. The van der Waals surface area contributed by atoms with Gasteiger partial charge in [0, 0.05) is 17.3 Å². The molecular weight excluding hydrogens is 286 g/mol. The van der Waals surface area contributed by atoms with E-state index in [0.29, 0.717) is 23.6 Å². The van der Waals surface area contributed by atoms with Crippen LogP contribution in [0.1, 0.15) is 16.8 Å². The van der Waals surface area contributed by atoms with Crippen molar-refractivity contribution in [2.24, 2.45) is 0 Å². The SMILES string of the molecule is COc1ccc(-c2nn(CCC#N)cc2C(=O)[O-])cc1OC. The topological polar surface area (TPSA) is 100 Å². The number of nitrogens with zero attached hydrogens (tertiary/aromatic N) is 3. The molecule has 0 saturated heterocycles. The lowest BCUT2D eigenvalue weighted by Crippen LogP contribution is -2.22. The van der Waals surface area contributed by atoms with Crippen LogP contribution in [0, 0.1) is 11.3 Å². The number of hydrogen-bond acceptors (Lipinski definition) is 6. The van der Waals surface area contributed by atoms with Crippen LogP contribution in [0.15, 0.2) is 24.4 Å². The lowest BCUT2D eigenvalue weighted by molar-refractivity contribution is -0.254. The van der Waals surface area contributed by atoms with Crippen LogP contribution in [0.5, 0.6) is 11.5 Å². The Morgan fingerprint density at radius 2 is 2.09 bits per heavy atom. The number of hydrogen-bond donors (Lipinski definition) is 0. The molecule has 22 heavy (non-hydrogen) atoms. The molecule has 114 valence electrons. The van der Waals surface area contributed by atoms with Gasteiger partial charge < -0.3 is 19.4 Å². The van der Waals surface area contributed by atoms with Crippen molar-refractivity contribution in [1.29, 1.82) is 5.26 Å². The van der Waals surface area contributed by atoms with Crippen molar-refractivity contribution in [2.75, 3.05) is 14.2 Å². The third-order valence-electron chi connectivity index (χ3n) is 3.09. The molecular formula is C15H14N3O4-. The third-order valence-corrected chi connectivity index (χ3v) is 3.09. The van der Waals surface area contributed by atoms with E-state index in [9.17, 15) is 9.90 Å². The summed E-state index contributed by atoms with van der Waals surface area (Å²) in [7, 11) is 3.01. The molecule has 0 aliphatic carbocycles. The summed E-state index contributed by atoms with van der Waals surface area (Å²) >= 11 is 0. The molecule has 7 nitrogen and oxygen atoms in total. The second-order valence-electron chi connectivity index (χ2n) is 4.42. The molecule has 1 aromatic carbocycles. The molecule has 1 heterocycles. The Morgan fingerprint density at radius 3 is 2.68 bits per heavy atom. The summed E-state index contributed by atoms with van der Waals surface area (Å²) in [6.45, 7) is 0.310. The van der Waals surface area contributed by atoms with Crippen molar-refractivity contribution >= 4 is 5.97 Å². The highest BCUT2D eigenvalue weighted by atomic mass is 16.5. The molecule has 0 unspecified atom stereocenters. The number of aromatic nitrogens is 2. The van der Waals surface area contributed by atoms with E-state index in [2.05, 4.69) is 5.10 Å². The Hall–Kier alpha value is -3.01. The van der Waals surface area contributed by atoms with Gasteiger partial charge in [-0.25, -0.2) is 0 Å². The van der Waals surface area contributed by atoms with Gasteiger partial charge in [0.25, 0.3) is 0 Å². The number of carboxylic acids is 1. The van der Waals surface area contributed by atoms with Crippen LogP contribution < -0.4 is 14.6 Å². The smallest absolute Gasteiger partial charge is 0.161 e. The van der Waals surface area contributed by atoms with Gasteiger partial charge >= 0.3 is 0 Å². The summed E-state index contributed by atoms with van der Waals surface area (Å²) in [5, 5.41) is 24.1.